The fourth-order valence-electron chi connectivity index (χ4n) is 4.17. The molecule has 2 aliphatic heterocycles. The summed E-state index contributed by atoms with van der Waals surface area (Å²) < 4.78 is 23.2. The topological polar surface area (TPSA) is 83.7 Å². The minimum atomic E-state index is -3.72. The molecule has 0 saturated carbocycles. The zero-order valence-corrected chi connectivity index (χ0v) is 16.8. The second-order valence-electron chi connectivity index (χ2n) is 7.28. The number of amides is 1. The summed E-state index contributed by atoms with van der Waals surface area (Å²) in [7, 11) is -3.72. The van der Waals surface area contributed by atoms with Crippen LogP contribution in [0.4, 0.5) is 5.69 Å². The van der Waals surface area contributed by atoms with Gasteiger partial charge in [-0.25, -0.2) is 13.6 Å². The van der Waals surface area contributed by atoms with Gasteiger partial charge in [0.2, 0.25) is 15.9 Å². The van der Waals surface area contributed by atoms with E-state index in [1.54, 1.807) is 23.5 Å². The fourth-order valence-corrected chi connectivity index (χ4v) is 5.61. The van der Waals surface area contributed by atoms with E-state index < -0.39 is 10.0 Å². The van der Waals surface area contributed by atoms with Gasteiger partial charge in [0.25, 0.3) is 0 Å². The quantitative estimate of drug-likeness (QED) is 0.847. The average molecular weight is 406 g/mol. The van der Waals surface area contributed by atoms with Gasteiger partial charge < -0.3 is 9.80 Å². The lowest BCUT2D eigenvalue weighted by molar-refractivity contribution is -0.130. The SMILES string of the molecule is C[C@H]1Cc2cc(S(N)(=O)=O)ccc2N1CC(=O)N1CCC[C@H]1c1cccs1. The first-order chi connectivity index (χ1) is 12.8. The number of rotatable bonds is 4. The predicted octanol–water partition coefficient (Wildman–Crippen LogP) is 2.51. The van der Waals surface area contributed by atoms with Crippen LogP contribution in [0.1, 0.15) is 36.2 Å². The Hall–Kier alpha value is -1.90. The molecule has 2 atom stereocenters. The zero-order valence-electron chi connectivity index (χ0n) is 15.2. The van der Waals surface area contributed by atoms with Crippen molar-refractivity contribution in [2.45, 2.75) is 43.2 Å². The number of fused-ring (bicyclic) bond motifs is 1. The smallest absolute Gasteiger partial charge is 0.242 e. The molecule has 0 unspecified atom stereocenters. The fraction of sp³-hybridized carbons (Fsp3) is 0.421. The molecule has 2 aromatic rings. The van der Waals surface area contributed by atoms with Gasteiger partial charge in [-0.3, -0.25) is 4.79 Å². The number of carbonyl (C=O) groups is 1. The summed E-state index contributed by atoms with van der Waals surface area (Å²) in [5.74, 6) is 0.126. The number of benzene rings is 1. The number of hydrogen-bond acceptors (Lipinski definition) is 5. The highest BCUT2D eigenvalue weighted by molar-refractivity contribution is 7.89. The first-order valence-corrected chi connectivity index (χ1v) is 11.5. The third-order valence-electron chi connectivity index (χ3n) is 5.49. The van der Waals surface area contributed by atoms with Crippen LogP contribution in [0, 0.1) is 0 Å². The number of carbonyl (C=O) groups excluding carboxylic acids is 1. The Labute approximate surface area is 163 Å². The van der Waals surface area contributed by atoms with Crippen molar-refractivity contribution < 1.29 is 13.2 Å². The normalized spacial score (nSPS) is 22.3. The third-order valence-corrected chi connectivity index (χ3v) is 7.37. The summed E-state index contributed by atoms with van der Waals surface area (Å²) in [5, 5.41) is 7.30. The first-order valence-electron chi connectivity index (χ1n) is 9.10. The van der Waals surface area contributed by atoms with E-state index in [2.05, 4.69) is 23.3 Å². The van der Waals surface area contributed by atoms with Crippen LogP contribution < -0.4 is 10.0 Å². The van der Waals surface area contributed by atoms with E-state index >= 15 is 0 Å². The lowest BCUT2D eigenvalue weighted by Crippen LogP contribution is -2.42. The predicted molar refractivity (Wildman–Crippen MR) is 106 cm³/mol. The van der Waals surface area contributed by atoms with Crippen molar-refractivity contribution in [2.24, 2.45) is 5.14 Å². The van der Waals surface area contributed by atoms with Gasteiger partial charge in [-0.1, -0.05) is 6.07 Å². The average Bonchev–Trinajstić information content (AvgIpc) is 3.33. The van der Waals surface area contributed by atoms with Gasteiger partial charge in [0, 0.05) is 23.2 Å². The van der Waals surface area contributed by atoms with E-state index in [9.17, 15) is 13.2 Å². The Balaban J connectivity index is 1.54. The molecule has 0 aliphatic carbocycles. The molecule has 1 saturated heterocycles. The molecular weight excluding hydrogens is 382 g/mol. The minimum absolute atomic E-state index is 0.124. The maximum absolute atomic E-state index is 13.1. The Morgan fingerprint density at radius 2 is 2.15 bits per heavy atom. The summed E-state index contributed by atoms with van der Waals surface area (Å²) in [6.07, 6.45) is 2.74. The van der Waals surface area contributed by atoms with Crippen LogP contribution in [-0.4, -0.2) is 38.4 Å². The van der Waals surface area contributed by atoms with Gasteiger partial charge in [-0.15, -0.1) is 11.3 Å². The number of nitrogens with two attached hydrogens (primary N) is 1. The molecule has 1 fully saturated rings. The molecule has 0 radical (unpaired) electrons. The molecule has 1 aromatic heterocycles. The molecule has 2 aliphatic rings. The van der Waals surface area contributed by atoms with Crippen molar-refractivity contribution in [3.63, 3.8) is 0 Å². The van der Waals surface area contributed by atoms with Gasteiger partial charge >= 0.3 is 0 Å². The number of nitrogens with zero attached hydrogens (tertiary/aromatic N) is 2. The summed E-state index contributed by atoms with van der Waals surface area (Å²) in [4.78, 5) is 18.5. The maximum atomic E-state index is 13.1. The summed E-state index contributed by atoms with van der Waals surface area (Å²) in [5.41, 5.74) is 1.85. The number of likely N-dealkylation sites (tertiary alicyclic amines) is 1. The standard InChI is InChI=1S/C19H23N3O3S2/c1-13-10-14-11-15(27(20,24)25)6-7-16(14)22(13)12-19(23)21-8-2-4-17(21)18-5-3-9-26-18/h3,5-7,9,11,13,17H,2,4,8,10,12H2,1H3,(H2,20,24,25)/t13-,17-/m0/s1. The van der Waals surface area contributed by atoms with Crippen molar-refractivity contribution >= 4 is 33.0 Å². The van der Waals surface area contributed by atoms with E-state index in [0.29, 0.717) is 13.0 Å². The number of primary sulfonamides is 1. The van der Waals surface area contributed by atoms with Gasteiger partial charge in [0.05, 0.1) is 17.5 Å². The Morgan fingerprint density at radius 3 is 2.85 bits per heavy atom. The molecule has 0 bridgehead atoms. The Morgan fingerprint density at radius 1 is 1.33 bits per heavy atom. The van der Waals surface area contributed by atoms with Crippen LogP contribution in [0.2, 0.25) is 0 Å². The minimum Gasteiger partial charge on any atom is -0.359 e. The van der Waals surface area contributed by atoms with Crippen LogP contribution in [0.5, 0.6) is 0 Å². The molecule has 144 valence electrons. The maximum Gasteiger partial charge on any atom is 0.242 e. The molecule has 4 rings (SSSR count). The van der Waals surface area contributed by atoms with E-state index in [1.807, 2.05) is 11.0 Å². The highest BCUT2D eigenvalue weighted by atomic mass is 32.2. The number of sulfonamides is 1. The highest BCUT2D eigenvalue weighted by Gasteiger charge is 2.34. The van der Waals surface area contributed by atoms with Crippen LogP contribution in [0.15, 0.2) is 40.6 Å². The lowest BCUT2D eigenvalue weighted by Gasteiger charge is -2.30. The molecule has 2 N–H and O–H groups in total. The number of thiophene rings is 1. The van der Waals surface area contributed by atoms with Crippen molar-refractivity contribution in [1.82, 2.24) is 4.90 Å². The van der Waals surface area contributed by atoms with Gasteiger partial charge in [0.1, 0.15) is 0 Å². The van der Waals surface area contributed by atoms with Crippen LogP contribution in [0.25, 0.3) is 0 Å². The molecule has 27 heavy (non-hydrogen) atoms. The Kier molecular flexibility index (Phi) is 4.73. The van der Waals surface area contributed by atoms with Gasteiger partial charge in [-0.2, -0.15) is 0 Å². The molecule has 8 heteroatoms. The largest absolute Gasteiger partial charge is 0.359 e. The Bertz CT molecular complexity index is 957. The highest BCUT2D eigenvalue weighted by Crippen LogP contribution is 2.37. The van der Waals surface area contributed by atoms with Crippen molar-refractivity contribution in [2.75, 3.05) is 18.0 Å². The van der Waals surface area contributed by atoms with Crippen LogP contribution in [-0.2, 0) is 21.2 Å². The van der Waals surface area contributed by atoms with Gasteiger partial charge in [0.15, 0.2) is 0 Å². The number of anilines is 1. The van der Waals surface area contributed by atoms with Crippen LogP contribution >= 0.6 is 11.3 Å². The monoisotopic (exact) mass is 405 g/mol. The third kappa shape index (κ3) is 3.49. The van der Waals surface area contributed by atoms with E-state index in [0.717, 1.165) is 30.6 Å². The molecule has 1 amide bonds. The van der Waals surface area contributed by atoms with E-state index in [4.69, 9.17) is 5.14 Å². The van der Waals surface area contributed by atoms with Crippen molar-refractivity contribution in [1.29, 1.82) is 0 Å². The summed E-state index contributed by atoms with van der Waals surface area (Å²) in [6.45, 7) is 3.16. The second-order valence-corrected chi connectivity index (χ2v) is 9.82. The first kappa shape index (κ1) is 18.5. The van der Waals surface area contributed by atoms with Crippen molar-refractivity contribution in [3.05, 3.63) is 46.2 Å². The molecular formula is C19H23N3O3S2. The molecule has 1 aromatic carbocycles. The second kappa shape index (κ2) is 6.92. The van der Waals surface area contributed by atoms with Gasteiger partial charge in [-0.05, 0) is 61.4 Å². The number of hydrogen-bond donors (Lipinski definition) is 1. The molecule has 6 nitrogen and oxygen atoms in total. The molecule has 3 heterocycles. The van der Waals surface area contributed by atoms with Crippen LogP contribution in [0.3, 0.4) is 0 Å². The summed E-state index contributed by atoms with van der Waals surface area (Å²) >= 11 is 1.70. The van der Waals surface area contributed by atoms with E-state index in [1.165, 1.54) is 10.9 Å². The van der Waals surface area contributed by atoms with E-state index in [-0.39, 0.29) is 22.9 Å². The lowest BCUT2D eigenvalue weighted by atomic mass is 10.1. The molecule has 0 spiro atoms. The summed E-state index contributed by atoms with van der Waals surface area (Å²) in [6, 6.07) is 9.38. The zero-order chi connectivity index (χ0) is 19.2. The van der Waals surface area contributed by atoms with Crippen molar-refractivity contribution in [3.8, 4) is 0 Å².